The van der Waals surface area contributed by atoms with Gasteiger partial charge < -0.3 is 15.0 Å². The lowest BCUT2D eigenvalue weighted by Gasteiger charge is -2.31. The molecular weight excluding hydrogens is 442 g/mol. The Morgan fingerprint density at radius 1 is 1.03 bits per heavy atom. The zero-order valence-electron chi connectivity index (χ0n) is 19.1. The SMILES string of the molecule is Cc1ccc(CCC(=O)NCCOC(=O)c2cccc(S(=O)(=O)N3CCN(C)CC3)c2)cc1. The van der Waals surface area contributed by atoms with Crippen molar-refractivity contribution in [1.82, 2.24) is 14.5 Å². The Labute approximate surface area is 195 Å². The van der Waals surface area contributed by atoms with Crippen molar-refractivity contribution in [2.24, 2.45) is 0 Å². The normalized spacial score (nSPS) is 15.2. The number of carbonyl (C=O) groups excluding carboxylic acids is 2. The summed E-state index contributed by atoms with van der Waals surface area (Å²) >= 11 is 0. The molecule has 33 heavy (non-hydrogen) atoms. The van der Waals surface area contributed by atoms with E-state index in [1.54, 1.807) is 0 Å². The Hall–Kier alpha value is -2.75. The van der Waals surface area contributed by atoms with Crippen LogP contribution in [-0.4, -0.2) is 75.9 Å². The third kappa shape index (κ3) is 7.12. The van der Waals surface area contributed by atoms with Gasteiger partial charge in [-0.15, -0.1) is 0 Å². The largest absolute Gasteiger partial charge is 0.460 e. The summed E-state index contributed by atoms with van der Waals surface area (Å²) in [6, 6.07) is 13.9. The van der Waals surface area contributed by atoms with Crippen LogP contribution in [0.4, 0.5) is 0 Å². The summed E-state index contributed by atoms with van der Waals surface area (Å²) in [5, 5.41) is 2.73. The second-order valence-electron chi connectivity index (χ2n) is 8.21. The van der Waals surface area contributed by atoms with Gasteiger partial charge in [0.1, 0.15) is 6.61 Å². The van der Waals surface area contributed by atoms with Gasteiger partial charge in [0.05, 0.1) is 17.0 Å². The first-order valence-corrected chi connectivity index (χ1v) is 12.5. The highest BCUT2D eigenvalue weighted by Gasteiger charge is 2.28. The molecule has 0 atom stereocenters. The number of likely N-dealkylation sites (N-methyl/N-ethyl adjacent to an activating group) is 1. The number of carbonyl (C=O) groups is 2. The van der Waals surface area contributed by atoms with Gasteiger partial charge in [0.25, 0.3) is 0 Å². The van der Waals surface area contributed by atoms with Crippen LogP contribution in [0.15, 0.2) is 53.4 Å². The van der Waals surface area contributed by atoms with Gasteiger partial charge in [0, 0.05) is 32.6 Å². The molecule has 1 N–H and O–H groups in total. The number of hydrogen-bond donors (Lipinski definition) is 1. The van der Waals surface area contributed by atoms with Crippen molar-refractivity contribution in [3.63, 3.8) is 0 Å². The summed E-state index contributed by atoms with van der Waals surface area (Å²) in [7, 11) is -1.72. The lowest BCUT2D eigenvalue weighted by atomic mass is 10.1. The minimum absolute atomic E-state index is 0.00451. The molecule has 178 valence electrons. The van der Waals surface area contributed by atoms with Crippen molar-refractivity contribution in [3.8, 4) is 0 Å². The topological polar surface area (TPSA) is 96.0 Å². The second-order valence-corrected chi connectivity index (χ2v) is 10.1. The predicted octanol–water partition coefficient (Wildman–Crippen LogP) is 1.84. The molecule has 1 fully saturated rings. The molecule has 1 amide bonds. The number of aryl methyl sites for hydroxylation is 2. The Kier molecular flexibility index (Phi) is 8.60. The molecule has 0 saturated carbocycles. The van der Waals surface area contributed by atoms with Crippen LogP contribution in [-0.2, 0) is 26.0 Å². The standard InChI is InChI=1S/C24H31N3O5S/c1-19-6-8-20(9-7-19)10-11-23(28)25-12-17-32-24(29)21-4-3-5-22(18-21)33(30,31)27-15-13-26(2)14-16-27/h3-9,18H,10-17H2,1-2H3,(H,25,28). The summed E-state index contributed by atoms with van der Waals surface area (Å²) in [6.07, 6.45) is 0.990. The van der Waals surface area contributed by atoms with Crippen molar-refractivity contribution in [1.29, 1.82) is 0 Å². The van der Waals surface area contributed by atoms with Crippen LogP contribution in [0, 0.1) is 6.92 Å². The molecule has 0 bridgehead atoms. The van der Waals surface area contributed by atoms with Crippen LogP contribution in [0.25, 0.3) is 0 Å². The van der Waals surface area contributed by atoms with E-state index in [9.17, 15) is 18.0 Å². The van der Waals surface area contributed by atoms with Gasteiger partial charge in [-0.1, -0.05) is 35.9 Å². The number of ether oxygens (including phenoxy) is 1. The van der Waals surface area contributed by atoms with Crippen LogP contribution in [0.1, 0.15) is 27.9 Å². The molecule has 1 saturated heterocycles. The monoisotopic (exact) mass is 473 g/mol. The molecule has 0 radical (unpaired) electrons. The predicted molar refractivity (Wildman–Crippen MR) is 125 cm³/mol. The number of benzene rings is 2. The average Bonchev–Trinajstić information content (AvgIpc) is 2.81. The van der Waals surface area contributed by atoms with Crippen molar-refractivity contribution >= 4 is 21.9 Å². The zero-order valence-corrected chi connectivity index (χ0v) is 19.9. The smallest absolute Gasteiger partial charge is 0.338 e. The third-order valence-electron chi connectivity index (χ3n) is 5.59. The molecule has 8 nitrogen and oxygen atoms in total. The second kappa shape index (κ2) is 11.4. The van der Waals surface area contributed by atoms with Gasteiger partial charge in [0.15, 0.2) is 0 Å². The number of rotatable bonds is 9. The van der Waals surface area contributed by atoms with Gasteiger partial charge in [0.2, 0.25) is 15.9 Å². The highest BCUT2D eigenvalue weighted by atomic mass is 32.2. The molecule has 0 unspecified atom stereocenters. The summed E-state index contributed by atoms with van der Waals surface area (Å²) in [4.78, 5) is 26.5. The molecule has 3 rings (SSSR count). The van der Waals surface area contributed by atoms with E-state index in [4.69, 9.17) is 4.74 Å². The summed E-state index contributed by atoms with van der Waals surface area (Å²) in [6.45, 7) is 4.37. The van der Waals surface area contributed by atoms with Crippen LogP contribution >= 0.6 is 0 Å². The highest BCUT2D eigenvalue weighted by molar-refractivity contribution is 7.89. The van der Waals surface area contributed by atoms with E-state index >= 15 is 0 Å². The van der Waals surface area contributed by atoms with E-state index in [0.717, 1.165) is 5.56 Å². The minimum Gasteiger partial charge on any atom is -0.460 e. The van der Waals surface area contributed by atoms with Gasteiger partial charge in [-0.25, -0.2) is 13.2 Å². The fraction of sp³-hybridized carbons (Fsp3) is 0.417. The van der Waals surface area contributed by atoms with E-state index in [1.165, 1.54) is 34.1 Å². The number of hydrogen-bond acceptors (Lipinski definition) is 6. The van der Waals surface area contributed by atoms with Crippen LogP contribution in [0.2, 0.25) is 0 Å². The van der Waals surface area contributed by atoms with Crippen molar-refractivity contribution in [2.45, 2.75) is 24.7 Å². The highest BCUT2D eigenvalue weighted by Crippen LogP contribution is 2.19. The lowest BCUT2D eigenvalue weighted by Crippen LogP contribution is -2.47. The molecule has 9 heteroatoms. The van der Waals surface area contributed by atoms with Crippen molar-refractivity contribution in [2.75, 3.05) is 46.4 Å². The van der Waals surface area contributed by atoms with Crippen LogP contribution in [0.5, 0.6) is 0 Å². The number of sulfonamides is 1. The fourth-order valence-electron chi connectivity index (χ4n) is 3.48. The van der Waals surface area contributed by atoms with Gasteiger partial charge >= 0.3 is 5.97 Å². The molecule has 1 aliphatic heterocycles. The van der Waals surface area contributed by atoms with Crippen LogP contribution < -0.4 is 5.32 Å². The fourth-order valence-corrected chi connectivity index (χ4v) is 4.95. The first-order chi connectivity index (χ1) is 15.8. The van der Waals surface area contributed by atoms with E-state index in [-0.39, 0.29) is 29.5 Å². The van der Waals surface area contributed by atoms with Crippen LogP contribution in [0.3, 0.4) is 0 Å². The molecule has 1 aliphatic rings. The van der Waals surface area contributed by atoms with Gasteiger partial charge in [-0.3, -0.25) is 4.79 Å². The average molecular weight is 474 g/mol. The maximum atomic E-state index is 12.9. The third-order valence-corrected chi connectivity index (χ3v) is 7.48. The molecular formula is C24H31N3O5S. The number of nitrogens with one attached hydrogen (secondary N) is 1. The van der Waals surface area contributed by atoms with E-state index in [2.05, 4.69) is 10.2 Å². The van der Waals surface area contributed by atoms with E-state index < -0.39 is 16.0 Å². The van der Waals surface area contributed by atoms with Gasteiger partial charge in [-0.05, 0) is 44.2 Å². The molecule has 2 aromatic rings. The Bertz CT molecular complexity index is 1060. The lowest BCUT2D eigenvalue weighted by molar-refractivity contribution is -0.121. The molecule has 0 aliphatic carbocycles. The maximum Gasteiger partial charge on any atom is 0.338 e. The Morgan fingerprint density at radius 3 is 2.42 bits per heavy atom. The minimum atomic E-state index is -3.67. The van der Waals surface area contributed by atoms with E-state index in [1.807, 2.05) is 38.2 Å². The number of nitrogens with zero attached hydrogens (tertiary/aromatic N) is 2. The molecule has 1 heterocycles. The zero-order chi connectivity index (χ0) is 23.8. The van der Waals surface area contributed by atoms with Gasteiger partial charge in [-0.2, -0.15) is 4.31 Å². The number of piperazine rings is 1. The first-order valence-electron chi connectivity index (χ1n) is 11.0. The van der Waals surface area contributed by atoms with E-state index in [0.29, 0.717) is 39.0 Å². The molecule has 0 spiro atoms. The quantitative estimate of drug-likeness (QED) is 0.441. The maximum absolute atomic E-state index is 12.9. The summed E-state index contributed by atoms with van der Waals surface area (Å²) in [5.74, 6) is -0.744. The Morgan fingerprint density at radius 2 is 1.73 bits per heavy atom. The van der Waals surface area contributed by atoms with Crippen molar-refractivity contribution < 1.29 is 22.7 Å². The summed E-state index contributed by atoms with van der Waals surface area (Å²) < 4.78 is 32.4. The number of amides is 1. The first kappa shape index (κ1) is 24.9. The Balaban J connectivity index is 1.45. The van der Waals surface area contributed by atoms with Crippen molar-refractivity contribution in [3.05, 3.63) is 65.2 Å². The molecule has 2 aromatic carbocycles. The number of esters is 1. The molecule has 0 aromatic heterocycles. The summed E-state index contributed by atoms with van der Waals surface area (Å²) in [5.41, 5.74) is 2.43.